The number of esters is 4. The van der Waals surface area contributed by atoms with Crippen LogP contribution in [0.25, 0.3) is 20.9 Å². The summed E-state index contributed by atoms with van der Waals surface area (Å²) in [4.78, 5) is 125. The number of benzene rings is 4. The first kappa shape index (κ1) is 61.7. The molecule has 80 heavy (non-hydrogen) atoms. The molecule has 0 N–H and O–H groups in total. The second-order valence-corrected chi connectivity index (χ2v) is 21.0. The van der Waals surface area contributed by atoms with Gasteiger partial charge in [-0.1, -0.05) is 90.1 Å². The third-order valence-corrected chi connectivity index (χ3v) is 15.3. The van der Waals surface area contributed by atoms with Crippen molar-refractivity contribution in [3.05, 3.63) is 179 Å². The van der Waals surface area contributed by atoms with Crippen molar-refractivity contribution in [3.63, 3.8) is 0 Å². The molecular formula is C44H35N5O25S6. The molecule has 1 atom stereocenters. The van der Waals surface area contributed by atoms with Gasteiger partial charge in [-0.25, -0.2) is 19.2 Å². The normalized spacial score (nSPS) is 10.9. The molecule has 2 heterocycles. The van der Waals surface area contributed by atoms with E-state index in [1.807, 2.05) is 12.1 Å². The fourth-order valence-corrected chi connectivity index (χ4v) is 10.7. The predicted octanol–water partition coefficient (Wildman–Crippen LogP) is 8.09. The van der Waals surface area contributed by atoms with E-state index in [1.165, 1.54) is 67.4 Å². The Bertz CT molecular complexity index is 3230. The quantitative estimate of drug-likeness (QED) is 0.0103. The predicted molar refractivity (Wildman–Crippen MR) is 279 cm³/mol. The number of carbonyl (C=O) groups is 4. The Kier molecular flexibility index (Phi) is 23.7. The van der Waals surface area contributed by atoms with Crippen LogP contribution in [0.4, 0.5) is 0 Å². The molecule has 422 valence electrons. The average Bonchev–Trinajstić information content (AvgIpc) is 4.08. The van der Waals surface area contributed by atoms with Crippen molar-refractivity contribution < 1.29 is 97.2 Å². The van der Waals surface area contributed by atoms with E-state index in [4.69, 9.17) is 52.9 Å². The maximum Gasteiger partial charge on any atom is 0.347 e. The third-order valence-electron chi connectivity index (χ3n) is 9.53. The molecule has 2 aromatic heterocycles. The molecule has 30 nitrogen and oxygen atoms in total. The summed E-state index contributed by atoms with van der Waals surface area (Å²) in [6, 6.07) is 29.2. The minimum Gasteiger partial charge on any atom is -0.481 e. The van der Waals surface area contributed by atoms with Crippen molar-refractivity contribution >= 4 is 89.7 Å². The maximum atomic E-state index is 12.8. The van der Waals surface area contributed by atoms with Crippen LogP contribution in [0, 0.1) is 63.6 Å². The van der Waals surface area contributed by atoms with Gasteiger partial charge in [-0.15, -0.1) is 50.6 Å². The van der Waals surface area contributed by atoms with Gasteiger partial charge in [0, 0.05) is 9.75 Å². The van der Waals surface area contributed by atoms with E-state index in [0.717, 1.165) is 28.5 Å². The van der Waals surface area contributed by atoms with E-state index >= 15 is 0 Å². The lowest BCUT2D eigenvalue weighted by molar-refractivity contribution is -0.790. The van der Waals surface area contributed by atoms with Crippen LogP contribution >= 0.6 is 65.8 Å². The van der Waals surface area contributed by atoms with E-state index in [9.17, 15) is 69.7 Å². The molecular weight excluding hydrogens is 1190 g/mol. The van der Waals surface area contributed by atoms with Crippen molar-refractivity contribution in [2.24, 2.45) is 5.41 Å². The molecule has 0 spiro atoms. The highest BCUT2D eigenvalue weighted by Crippen LogP contribution is 2.33. The highest BCUT2D eigenvalue weighted by molar-refractivity contribution is 7.80. The van der Waals surface area contributed by atoms with Crippen molar-refractivity contribution in [2.75, 3.05) is 52.9 Å². The first-order valence-corrected chi connectivity index (χ1v) is 26.8. The molecule has 0 fully saturated rings. The van der Waals surface area contributed by atoms with Gasteiger partial charge in [-0.3, -0.25) is 0 Å². The van der Waals surface area contributed by atoms with Gasteiger partial charge >= 0.3 is 23.9 Å². The average molecular weight is 1230 g/mol. The van der Waals surface area contributed by atoms with Crippen LogP contribution < -0.4 is 18.9 Å². The summed E-state index contributed by atoms with van der Waals surface area (Å²) in [6.45, 7) is -6.98. The first-order chi connectivity index (χ1) is 38.2. The van der Waals surface area contributed by atoms with Gasteiger partial charge in [0.05, 0.1) is 5.41 Å². The molecule has 0 saturated carbocycles. The van der Waals surface area contributed by atoms with Gasteiger partial charge in [0.1, 0.15) is 81.4 Å². The van der Waals surface area contributed by atoms with Gasteiger partial charge in [-0.2, -0.15) is 0 Å². The Morgan fingerprint density at radius 1 is 0.487 bits per heavy atom. The molecule has 0 aliphatic carbocycles. The number of hydrogen-bond donors (Lipinski definition) is 0. The lowest BCUT2D eigenvalue weighted by atomic mass is 9.92. The fourth-order valence-electron chi connectivity index (χ4n) is 5.94. The molecule has 0 saturated heterocycles. The molecule has 6 rings (SSSR count). The van der Waals surface area contributed by atoms with Crippen LogP contribution in [0.15, 0.2) is 109 Å². The summed E-state index contributed by atoms with van der Waals surface area (Å²) in [5.74, 6) is -3.13. The lowest BCUT2D eigenvalue weighted by Gasteiger charge is -2.29. The molecule has 0 aliphatic rings. The summed E-state index contributed by atoms with van der Waals surface area (Å²) in [5.41, 5.74) is -0.219. The minimum atomic E-state index is -2.03. The highest BCUT2D eigenvalue weighted by Gasteiger charge is 2.37. The smallest absolute Gasteiger partial charge is 0.347 e. The van der Waals surface area contributed by atoms with Crippen LogP contribution in [0.5, 0.6) is 23.0 Å². The van der Waals surface area contributed by atoms with Crippen LogP contribution in [-0.4, -0.2) is 108 Å². The summed E-state index contributed by atoms with van der Waals surface area (Å²) in [6.07, 6.45) is -1.53. The van der Waals surface area contributed by atoms with Crippen molar-refractivity contribution in [1.82, 2.24) is 0 Å². The molecule has 36 heteroatoms. The number of carbonyl (C=O) groups excluding carboxylic acids is 4. The van der Waals surface area contributed by atoms with Crippen LogP contribution in [0.1, 0.15) is 20.7 Å². The zero-order chi connectivity index (χ0) is 58.2. The largest absolute Gasteiger partial charge is 0.481 e. The topological polar surface area (TPSA) is 386 Å². The Labute approximate surface area is 471 Å². The third kappa shape index (κ3) is 21.0. The Morgan fingerprint density at radius 2 is 0.887 bits per heavy atom. The fraction of sp³-hybridized carbons (Fsp3) is 0.227. The van der Waals surface area contributed by atoms with Crippen molar-refractivity contribution in [2.45, 2.75) is 6.10 Å². The molecule has 4 aromatic carbocycles. The molecule has 0 amide bonds. The maximum absolute atomic E-state index is 12.8. The van der Waals surface area contributed by atoms with Gasteiger partial charge < -0.3 is 52.6 Å². The zero-order valence-corrected chi connectivity index (χ0v) is 44.9. The second kappa shape index (κ2) is 30.7. The summed E-state index contributed by atoms with van der Waals surface area (Å²) < 4.78 is 32.9. The first-order valence-electron chi connectivity index (χ1n) is 21.7. The molecule has 0 bridgehead atoms. The molecule has 6 aromatic rings. The number of ether oxygens (including phenoxy) is 6. The lowest BCUT2D eigenvalue weighted by Crippen LogP contribution is -2.44. The Hall–Kier alpha value is -9.10. The molecule has 0 radical (unpaired) electrons. The summed E-state index contributed by atoms with van der Waals surface area (Å²) >= 11 is 10.3. The molecule has 0 aliphatic heterocycles. The Morgan fingerprint density at radius 3 is 1.26 bits per heavy atom. The second-order valence-electron chi connectivity index (χ2n) is 15.2. The Balaban J connectivity index is 0.000000297. The monoisotopic (exact) mass is 1220 g/mol. The number of hydrogen-bond acceptors (Lipinski definition) is 31. The van der Waals surface area contributed by atoms with E-state index in [2.05, 4.69) is 24.2 Å². The van der Waals surface area contributed by atoms with Crippen LogP contribution in [0.3, 0.4) is 0 Å². The van der Waals surface area contributed by atoms with E-state index in [0.29, 0.717) is 0 Å². The van der Waals surface area contributed by atoms with Crippen LogP contribution in [0.2, 0.25) is 0 Å². The van der Waals surface area contributed by atoms with Gasteiger partial charge in [0.2, 0.25) is 0 Å². The van der Waals surface area contributed by atoms with E-state index in [1.54, 1.807) is 71.0 Å². The minimum absolute atomic E-state index is 0.0221. The zero-order valence-electron chi connectivity index (χ0n) is 40.0. The van der Waals surface area contributed by atoms with Crippen molar-refractivity contribution in [1.29, 1.82) is 0 Å². The van der Waals surface area contributed by atoms with Gasteiger partial charge in [-0.05, 0) is 96.1 Å². The standard InChI is InChI=1S/C23H19N3O14S3.C21H16N2O11S3/c27-20(36-11-23(12-37-24(29)30,13-38-25(31)32)14-39-26(33)34)10-35-18-4-2-1-3-17(18)22(28)40-16-7-5-15(6-8-16)19-9-21(41)43-42-19;24-19(31-10-15(34-23(28)29)11-32-22(26)27)12-30-17-4-2-1-3-16(17)21(25)33-14-7-5-13(6-8-14)18-9-20(35)37-36-18/h1-9H,10-14H2;1-9,15H,10-12H2. The van der Waals surface area contributed by atoms with Gasteiger partial charge in [0.25, 0.3) is 25.4 Å². The SMILES string of the molecule is O=C(COc1ccccc1C(=O)Oc1ccc(-c2cc(=S)ss2)cc1)OCC(CO[N+](=O)[O-])(CO[N+](=O)[O-])CO[N+](=O)[O-].O=C(COc1ccccc1C(=O)Oc1ccc(-c2cc(=S)ss2)cc1)OCC(CO[N+](=O)[O-])O[N+](=O)[O-]. The highest BCUT2D eigenvalue weighted by atomic mass is 32.9. The van der Waals surface area contributed by atoms with Crippen LogP contribution in [-0.2, 0) is 43.3 Å². The number of nitrogens with zero attached hydrogens (tertiary/aromatic N) is 5. The summed E-state index contributed by atoms with van der Waals surface area (Å²) in [7, 11) is 6.02. The van der Waals surface area contributed by atoms with E-state index < -0.39 is 114 Å². The number of rotatable bonds is 30. The van der Waals surface area contributed by atoms with Crippen molar-refractivity contribution in [3.8, 4) is 43.9 Å². The van der Waals surface area contributed by atoms with E-state index in [-0.39, 0.29) is 34.1 Å². The number of para-hydroxylation sites is 2. The molecule has 1 unspecified atom stereocenters. The van der Waals surface area contributed by atoms with Gasteiger partial charge in [0.15, 0.2) is 19.3 Å². The summed E-state index contributed by atoms with van der Waals surface area (Å²) in [5, 5.41) is 46.6.